The average Bonchev–Trinajstić information content (AvgIpc) is 3.37. The Morgan fingerprint density at radius 3 is 2.53 bits per heavy atom. The van der Waals surface area contributed by atoms with Gasteiger partial charge in [-0.1, -0.05) is 19.9 Å². The summed E-state index contributed by atoms with van der Waals surface area (Å²) in [5.74, 6) is 1.11. The van der Waals surface area contributed by atoms with Crippen LogP contribution in [-0.4, -0.2) is 26.6 Å². The Kier molecular flexibility index (Phi) is 7.50. The molecule has 1 aliphatic carbocycles. The van der Waals surface area contributed by atoms with Crippen molar-refractivity contribution in [2.24, 2.45) is 16.8 Å². The summed E-state index contributed by atoms with van der Waals surface area (Å²) in [5.41, 5.74) is 9.06. The maximum absolute atomic E-state index is 12.8. The van der Waals surface area contributed by atoms with Gasteiger partial charge in [0.1, 0.15) is 5.69 Å². The third kappa shape index (κ3) is 5.44. The highest BCUT2D eigenvalue weighted by atomic mass is 16.1. The molecule has 3 aromatic heterocycles. The zero-order valence-corrected chi connectivity index (χ0v) is 22.6. The van der Waals surface area contributed by atoms with Crippen LogP contribution in [0.15, 0.2) is 77.7 Å². The molecule has 2 unspecified atom stereocenters. The molecule has 38 heavy (non-hydrogen) atoms. The second-order valence-corrected chi connectivity index (χ2v) is 10.3. The van der Waals surface area contributed by atoms with E-state index in [0.717, 1.165) is 51.3 Å². The molecule has 194 valence electrons. The summed E-state index contributed by atoms with van der Waals surface area (Å²) in [6.45, 7) is 9.29. The molecule has 4 aromatic rings. The summed E-state index contributed by atoms with van der Waals surface area (Å²) in [4.78, 5) is 29.8. The van der Waals surface area contributed by atoms with Crippen LogP contribution in [0.3, 0.4) is 0 Å². The third-order valence-electron chi connectivity index (χ3n) is 7.78. The van der Waals surface area contributed by atoms with E-state index in [4.69, 9.17) is 4.99 Å². The van der Waals surface area contributed by atoms with Crippen molar-refractivity contribution in [2.75, 3.05) is 0 Å². The fraction of sp³-hybridized carbons (Fsp3) is 0.312. The number of aromatic amines is 1. The standard InChI is InChI=1S/C32H35N5O/c1-5-20(2)31(36-22(4)27-8-6-21(27)3)29-18-26-16-24(7-9-28(26)37-29)25-12-15-34-30(17-25)32(38)35-19-23-10-13-33-14-11-23/h7,9-18,21,27,37H,5-6,8,19H2,1-4H3,(H,35,38). The van der Waals surface area contributed by atoms with Crippen LogP contribution in [0.25, 0.3) is 27.7 Å². The fourth-order valence-corrected chi connectivity index (χ4v) is 5.05. The number of H-pyrrole nitrogens is 1. The van der Waals surface area contributed by atoms with Gasteiger partial charge in [-0.15, -0.1) is 0 Å². The summed E-state index contributed by atoms with van der Waals surface area (Å²) in [6.07, 6.45) is 8.60. The van der Waals surface area contributed by atoms with E-state index < -0.39 is 0 Å². The van der Waals surface area contributed by atoms with E-state index in [0.29, 0.717) is 18.2 Å². The highest BCUT2D eigenvalue weighted by Crippen LogP contribution is 2.36. The molecule has 6 heteroatoms. The Bertz CT molecular complexity index is 1520. The van der Waals surface area contributed by atoms with Crippen molar-refractivity contribution in [1.82, 2.24) is 20.3 Å². The summed E-state index contributed by atoms with van der Waals surface area (Å²) >= 11 is 0. The zero-order chi connectivity index (χ0) is 26.6. The lowest BCUT2D eigenvalue weighted by molar-refractivity contribution is 0.0946. The molecule has 1 aromatic carbocycles. The molecule has 0 spiro atoms. The Labute approximate surface area is 224 Å². The Hall–Kier alpha value is -4.06. The molecule has 1 saturated carbocycles. The molecule has 1 aliphatic rings. The van der Waals surface area contributed by atoms with Crippen LogP contribution in [0, 0.1) is 11.8 Å². The molecule has 2 atom stereocenters. The molecule has 3 heterocycles. The maximum Gasteiger partial charge on any atom is 0.270 e. The second-order valence-electron chi connectivity index (χ2n) is 10.3. The largest absolute Gasteiger partial charge is 0.353 e. The van der Waals surface area contributed by atoms with Crippen molar-refractivity contribution in [2.45, 2.75) is 53.5 Å². The Morgan fingerprint density at radius 1 is 1.03 bits per heavy atom. The molecular weight excluding hydrogens is 470 g/mol. The molecule has 0 bridgehead atoms. The molecule has 0 saturated heterocycles. The van der Waals surface area contributed by atoms with E-state index >= 15 is 0 Å². The third-order valence-corrected chi connectivity index (χ3v) is 7.78. The van der Waals surface area contributed by atoms with Crippen LogP contribution >= 0.6 is 0 Å². The number of pyridine rings is 2. The van der Waals surface area contributed by atoms with Crippen LogP contribution in [0.4, 0.5) is 0 Å². The maximum atomic E-state index is 12.8. The first-order valence-electron chi connectivity index (χ1n) is 13.4. The van der Waals surface area contributed by atoms with Gasteiger partial charge in [0.15, 0.2) is 0 Å². The van der Waals surface area contributed by atoms with Gasteiger partial charge in [-0.3, -0.25) is 19.8 Å². The molecule has 2 N–H and O–H groups in total. The van der Waals surface area contributed by atoms with E-state index in [1.165, 1.54) is 24.1 Å². The lowest BCUT2D eigenvalue weighted by atomic mass is 9.72. The molecule has 6 nitrogen and oxygen atoms in total. The molecule has 0 radical (unpaired) electrons. The fourth-order valence-electron chi connectivity index (χ4n) is 5.05. The number of carbonyl (C=O) groups is 1. The molecule has 1 amide bonds. The van der Waals surface area contributed by atoms with Crippen LogP contribution in [0.1, 0.15) is 68.7 Å². The van der Waals surface area contributed by atoms with E-state index in [-0.39, 0.29) is 5.91 Å². The summed E-state index contributed by atoms with van der Waals surface area (Å²) in [6, 6.07) is 16.1. The monoisotopic (exact) mass is 505 g/mol. The minimum absolute atomic E-state index is 0.201. The number of amides is 1. The number of benzene rings is 1. The number of hydrogen-bond donors (Lipinski definition) is 2. The van der Waals surface area contributed by atoms with E-state index in [9.17, 15) is 4.79 Å². The average molecular weight is 506 g/mol. The van der Waals surface area contributed by atoms with Crippen LogP contribution in [-0.2, 0) is 6.54 Å². The van der Waals surface area contributed by atoms with Crippen molar-refractivity contribution in [3.63, 3.8) is 0 Å². The van der Waals surface area contributed by atoms with Crippen molar-refractivity contribution >= 4 is 28.2 Å². The van der Waals surface area contributed by atoms with E-state index in [1.807, 2.05) is 24.3 Å². The van der Waals surface area contributed by atoms with Gasteiger partial charge in [-0.25, -0.2) is 0 Å². The number of aromatic nitrogens is 3. The van der Waals surface area contributed by atoms with Crippen molar-refractivity contribution in [3.05, 3.63) is 89.6 Å². The van der Waals surface area contributed by atoms with Gasteiger partial charge >= 0.3 is 0 Å². The second kappa shape index (κ2) is 11.1. The molecule has 0 aliphatic heterocycles. The lowest BCUT2D eigenvalue weighted by Crippen LogP contribution is -2.29. The predicted octanol–water partition coefficient (Wildman–Crippen LogP) is 7.20. The highest BCUT2D eigenvalue weighted by molar-refractivity contribution is 5.95. The Balaban J connectivity index is 1.40. The van der Waals surface area contributed by atoms with Gasteiger partial charge in [0, 0.05) is 41.7 Å². The minimum Gasteiger partial charge on any atom is -0.353 e. The van der Waals surface area contributed by atoms with Crippen LogP contribution in [0.2, 0.25) is 0 Å². The summed E-state index contributed by atoms with van der Waals surface area (Å²) in [5, 5.41) is 4.05. The number of allylic oxidation sites excluding steroid dienone is 1. The highest BCUT2D eigenvalue weighted by Gasteiger charge is 2.29. The van der Waals surface area contributed by atoms with Crippen molar-refractivity contribution in [3.8, 4) is 11.1 Å². The summed E-state index contributed by atoms with van der Waals surface area (Å²) < 4.78 is 0. The van der Waals surface area contributed by atoms with Gasteiger partial charge in [0.25, 0.3) is 5.91 Å². The number of fused-ring (bicyclic) bond motifs is 1. The lowest BCUT2D eigenvalue weighted by Gasteiger charge is -2.33. The number of hydrogen-bond acceptors (Lipinski definition) is 4. The van der Waals surface area contributed by atoms with Crippen molar-refractivity contribution < 1.29 is 4.79 Å². The van der Waals surface area contributed by atoms with Crippen LogP contribution < -0.4 is 5.32 Å². The smallest absolute Gasteiger partial charge is 0.270 e. The number of nitrogens with one attached hydrogen (secondary N) is 2. The Morgan fingerprint density at radius 2 is 1.82 bits per heavy atom. The number of nitrogens with zero attached hydrogens (tertiary/aromatic N) is 3. The zero-order valence-electron chi connectivity index (χ0n) is 22.6. The van der Waals surface area contributed by atoms with Gasteiger partial charge in [0.2, 0.25) is 0 Å². The van der Waals surface area contributed by atoms with E-state index in [1.54, 1.807) is 18.6 Å². The summed E-state index contributed by atoms with van der Waals surface area (Å²) in [7, 11) is 0. The first kappa shape index (κ1) is 25.6. The number of rotatable bonds is 8. The predicted molar refractivity (Wildman–Crippen MR) is 155 cm³/mol. The first-order valence-corrected chi connectivity index (χ1v) is 13.4. The molecule has 1 fully saturated rings. The van der Waals surface area contributed by atoms with Gasteiger partial charge in [-0.05, 0) is 110 Å². The van der Waals surface area contributed by atoms with Gasteiger partial charge in [0.05, 0.1) is 11.4 Å². The minimum atomic E-state index is -0.201. The molecule has 5 rings (SSSR count). The number of aliphatic imine (C=N–C) groups is 1. The number of carbonyl (C=O) groups excluding carboxylic acids is 1. The SMILES string of the molecule is CCC(C)=C(N=C(C)C1CCC1C)c1cc2cc(-c3ccnc(C(=O)NCc4ccncc4)c3)ccc2[nH]1. The van der Waals surface area contributed by atoms with Gasteiger partial charge < -0.3 is 10.3 Å². The quantitative estimate of drug-likeness (QED) is 0.248. The van der Waals surface area contributed by atoms with Gasteiger partial charge in [-0.2, -0.15) is 0 Å². The van der Waals surface area contributed by atoms with Crippen molar-refractivity contribution in [1.29, 1.82) is 0 Å². The molecular formula is C32H35N5O. The first-order chi connectivity index (χ1) is 18.4. The van der Waals surface area contributed by atoms with Crippen LogP contribution in [0.5, 0.6) is 0 Å². The topological polar surface area (TPSA) is 83.0 Å². The normalized spacial score (nSPS) is 18.2. The van der Waals surface area contributed by atoms with E-state index in [2.05, 4.69) is 72.2 Å².